The first kappa shape index (κ1) is 12.0. The second kappa shape index (κ2) is 5.21. The van der Waals surface area contributed by atoms with Crippen molar-refractivity contribution in [1.29, 1.82) is 0 Å². The van der Waals surface area contributed by atoms with Crippen molar-refractivity contribution in [2.24, 2.45) is 0 Å². The first-order valence-corrected chi connectivity index (χ1v) is 6.64. The van der Waals surface area contributed by atoms with Gasteiger partial charge in [0.2, 0.25) is 0 Å². The molecule has 16 heavy (non-hydrogen) atoms. The molecule has 2 heteroatoms. The number of hydrogen-bond donors (Lipinski definition) is 1. The molecule has 0 bridgehead atoms. The molecule has 0 radical (unpaired) electrons. The van der Waals surface area contributed by atoms with E-state index in [1.807, 2.05) is 0 Å². The van der Waals surface area contributed by atoms with Gasteiger partial charge in [0.25, 0.3) is 0 Å². The largest absolute Gasteiger partial charge is 0.375 e. The predicted molar refractivity (Wildman–Crippen MR) is 66.2 cm³/mol. The van der Waals surface area contributed by atoms with Gasteiger partial charge in [-0.2, -0.15) is 0 Å². The Kier molecular flexibility index (Phi) is 3.89. The summed E-state index contributed by atoms with van der Waals surface area (Å²) >= 11 is 0. The molecule has 2 nitrogen and oxygen atoms in total. The first-order valence-electron chi connectivity index (χ1n) is 6.64. The summed E-state index contributed by atoms with van der Waals surface area (Å²) < 4.78 is 5.92. The lowest BCUT2D eigenvalue weighted by Gasteiger charge is -2.47. The minimum absolute atomic E-state index is 0.223. The number of rotatable bonds is 4. The Morgan fingerprint density at radius 3 is 2.94 bits per heavy atom. The monoisotopic (exact) mass is 221 g/mol. The zero-order chi connectivity index (χ0) is 11.4. The van der Waals surface area contributed by atoms with Crippen LogP contribution in [0.2, 0.25) is 0 Å². The fraction of sp³-hybridized carbons (Fsp3) is 0.857. The summed E-state index contributed by atoms with van der Waals surface area (Å²) in [6.45, 7) is 3.09. The van der Waals surface area contributed by atoms with E-state index in [1.165, 1.54) is 19.3 Å². The molecule has 2 atom stereocenters. The highest BCUT2D eigenvalue weighted by molar-refractivity contribution is 5.02. The minimum Gasteiger partial charge on any atom is -0.375 e. The van der Waals surface area contributed by atoms with Gasteiger partial charge < -0.3 is 10.1 Å². The van der Waals surface area contributed by atoms with Gasteiger partial charge in [-0.15, -0.1) is 6.42 Å². The second-order valence-corrected chi connectivity index (χ2v) is 5.25. The molecule has 2 rings (SSSR count). The van der Waals surface area contributed by atoms with Crippen molar-refractivity contribution in [3.8, 4) is 12.3 Å². The van der Waals surface area contributed by atoms with Crippen molar-refractivity contribution >= 4 is 0 Å². The lowest BCUT2D eigenvalue weighted by Crippen LogP contribution is -2.52. The van der Waals surface area contributed by atoms with Crippen molar-refractivity contribution in [3.63, 3.8) is 0 Å². The molecule has 2 fully saturated rings. The predicted octanol–water partition coefficient (Wildman–Crippen LogP) is 2.48. The molecule has 1 spiro atoms. The van der Waals surface area contributed by atoms with E-state index in [1.54, 1.807) is 0 Å². The molecule has 1 aliphatic heterocycles. The molecule has 1 heterocycles. The third kappa shape index (κ3) is 2.59. The Bertz CT molecular complexity index is 264. The average Bonchev–Trinajstić information content (AvgIpc) is 2.27. The molecule has 0 aromatic heterocycles. The standard InChI is InChI=1S/C14H23NO/c1-3-6-12(4-2)15-13-7-10-16-14(11-13)8-5-9-14/h2,12-13,15H,3,5-11H2,1H3. The van der Waals surface area contributed by atoms with E-state index in [4.69, 9.17) is 11.2 Å². The second-order valence-electron chi connectivity index (χ2n) is 5.25. The summed E-state index contributed by atoms with van der Waals surface area (Å²) in [6.07, 6.45) is 13.9. The molecule has 2 aliphatic rings. The molecule has 0 amide bonds. The minimum atomic E-state index is 0.223. The number of hydrogen-bond acceptors (Lipinski definition) is 2. The van der Waals surface area contributed by atoms with Crippen LogP contribution in [0.25, 0.3) is 0 Å². The van der Waals surface area contributed by atoms with Gasteiger partial charge in [0.1, 0.15) is 0 Å². The van der Waals surface area contributed by atoms with Crippen LogP contribution in [0.1, 0.15) is 51.9 Å². The highest BCUT2D eigenvalue weighted by atomic mass is 16.5. The number of nitrogens with one attached hydrogen (secondary N) is 1. The van der Waals surface area contributed by atoms with Crippen molar-refractivity contribution in [1.82, 2.24) is 5.32 Å². The summed E-state index contributed by atoms with van der Waals surface area (Å²) in [5, 5.41) is 3.61. The molecular weight excluding hydrogens is 198 g/mol. The summed E-state index contributed by atoms with van der Waals surface area (Å²) in [7, 11) is 0. The van der Waals surface area contributed by atoms with E-state index in [2.05, 4.69) is 18.2 Å². The lowest BCUT2D eigenvalue weighted by molar-refractivity contribution is -0.136. The molecule has 1 aliphatic carbocycles. The van der Waals surface area contributed by atoms with Crippen LogP contribution in [-0.4, -0.2) is 24.3 Å². The van der Waals surface area contributed by atoms with Crippen LogP contribution in [0.4, 0.5) is 0 Å². The normalized spacial score (nSPS) is 29.4. The first-order chi connectivity index (χ1) is 7.78. The number of terminal acetylenes is 1. The Balaban J connectivity index is 1.82. The zero-order valence-electron chi connectivity index (χ0n) is 10.3. The Labute approximate surface area is 99.1 Å². The van der Waals surface area contributed by atoms with E-state index < -0.39 is 0 Å². The maximum absolute atomic E-state index is 5.92. The van der Waals surface area contributed by atoms with E-state index >= 15 is 0 Å². The van der Waals surface area contributed by atoms with E-state index in [0.717, 1.165) is 32.3 Å². The highest BCUT2D eigenvalue weighted by Crippen LogP contribution is 2.42. The van der Waals surface area contributed by atoms with E-state index in [0.29, 0.717) is 6.04 Å². The van der Waals surface area contributed by atoms with Gasteiger partial charge in [-0.3, -0.25) is 0 Å². The summed E-state index contributed by atoms with van der Waals surface area (Å²) in [5.41, 5.74) is 0.223. The van der Waals surface area contributed by atoms with Gasteiger partial charge in [-0.1, -0.05) is 19.3 Å². The molecule has 0 aromatic rings. The van der Waals surface area contributed by atoms with Gasteiger partial charge in [0.05, 0.1) is 11.6 Å². The Morgan fingerprint density at radius 2 is 2.38 bits per heavy atom. The van der Waals surface area contributed by atoms with Gasteiger partial charge in [-0.05, 0) is 38.5 Å². The average molecular weight is 221 g/mol. The molecule has 90 valence electrons. The van der Waals surface area contributed by atoms with Crippen LogP contribution in [0.5, 0.6) is 0 Å². The molecule has 1 saturated heterocycles. The van der Waals surface area contributed by atoms with Crippen LogP contribution >= 0.6 is 0 Å². The van der Waals surface area contributed by atoms with Crippen LogP contribution in [0.15, 0.2) is 0 Å². The van der Waals surface area contributed by atoms with Crippen LogP contribution in [0.3, 0.4) is 0 Å². The molecule has 1 saturated carbocycles. The van der Waals surface area contributed by atoms with Crippen LogP contribution in [-0.2, 0) is 4.74 Å². The lowest BCUT2D eigenvalue weighted by atomic mass is 9.74. The van der Waals surface area contributed by atoms with E-state index in [-0.39, 0.29) is 11.6 Å². The highest BCUT2D eigenvalue weighted by Gasteiger charge is 2.42. The fourth-order valence-corrected chi connectivity index (χ4v) is 2.88. The van der Waals surface area contributed by atoms with Crippen molar-refractivity contribution in [2.75, 3.05) is 6.61 Å². The molecule has 0 aromatic carbocycles. The maximum Gasteiger partial charge on any atom is 0.0697 e. The van der Waals surface area contributed by atoms with Crippen LogP contribution < -0.4 is 5.32 Å². The third-order valence-electron chi connectivity index (χ3n) is 3.97. The molecule has 2 unspecified atom stereocenters. The number of ether oxygens (including phenoxy) is 1. The molecule has 1 N–H and O–H groups in total. The van der Waals surface area contributed by atoms with Crippen molar-refractivity contribution < 1.29 is 4.74 Å². The SMILES string of the molecule is C#CC(CCC)NC1CCOC2(CCC2)C1. The Morgan fingerprint density at radius 1 is 1.56 bits per heavy atom. The van der Waals surface area contributed by atoms with Gasteiger partial charge in [-0.25, -0.2) is 0 Å². The van der Waals surface area contributed by atoms with E-state index in [9.17, 15) is 0 Å². The summed E-state index contributed by atoms with van der Waals surface area (Å²) in [6, 6.07) is 0.826. The van der Waals surface area contributed by atoms with Gasteiger partial charge in [0.15, 0.2) is 0 Å². The summed E-state index contributed by atoms with van der Waals surface area (Å²) in [5.74, 6) is 2.86. The van der Waals surface area contributed by atoms with Crippen molar-refractivity contribution in [2.45, 2.75) is 69.6 Å². The fourth-order valence-electron chi connectivity index (χ4n) is 2.88. The summed E-state index contributed by atoms with van der Waals surface area (Å²) in [4.78, 5) is 0. The maximum atomic E-state index is 5.92. The van der Waals surface area contributed by atoms with Crippen molar-refractivity contribution in [3.05, 3.63) is 0 Å². The molecular formula is C14H23NO. The quantitative estimate of drug-likeness (QED) is 0.736. The van der Waals surface area contributed by atoms with Gasteiger partial charge in [0, 0.05) is 12.6 Å². The topological polar surface area (TPSA) is 21.3 Å². The Hall–Kier alpha value is -0.520. The third-order valence-corrected chi connectivity index (χ3v) is 3.97. The van der Waals surface area contributed by atoms with Crippen LogP contribution in [0, 0.1) is 12.3 Å². The zero-order valence-corrected chi connectivity index (χ0v) is 10.3. The van der Waals surface area contributed by atoms with Gasteiger partial charge >= 0.3 is 0 Å². The smallest absolute Gasteiger partial charge is 0.0697 e.